The molecule has 1 N–H and O–H groups in total. The minimum atomic E-state index is -4.82. The van der Waals surface area contributed by atoms with E-state index in [1.54, 1.807) is 34.7 Å². The van der Waals surface area contributed by atoms with E-state index in [9.17, 15) is 18.3 Å². The summed E-state index contributed by atoms with van der Waals surface area (Å²) in [6.45, 7) is 0. The maximum Gasteiger partial charge on any atom is 0.421 e. The summed E-state index contributed by atoms with van der Waals surface area (Å²) in [5.74, 6) is 0.513. The van der Waals surface area contributed by atoms with Gasteiger partial charge in [0.05, 0.1) is 7.11 Å². The summed E-state index contributed by atoms with van der Waals surface area (Å²) >= 11 is 7.87. The topological polar surface area (TPSA) is 42.4 Å². The van der Waals surface area contributed by atoms with Crippen LogP contribution in [0.15, 0.2) is 36.5 Å². The molecule has 2 aromatic rings. The number of ether oxygens (including phenoxy) is 1. The Labute approximate surface area is 156 Å². The molecule has 0 radical (unpaired) electrons. The molecule has 0 aliphatic rings. The maximum atomic E-state index is 13.5. The molecule has 0 saturated carbocycles. The van der Waals surface area contributed by atoms with E-state index < -0.39 is 18.2 Å². The van der Waals surface area contributed by atoms with Crippen LogP contribution in [0, 0.1) is 3.70 Å². The minimum absolute atomic E-state index is 0.0439. The van der Waals surface area contributed by atoms with Crippen molar-refractivity contribution in [3.8, 4) is 5.75 Å². The predicted octanol–water partition coefficient (Wildman–Crippen LogP) is 4.73. The fourth-order valence-electron chi connectivity index (χ4n) is 2.28. The molecule has 24 heavy (non-hydrogen) atoms. The van der Waals surface area contributed by atoms with Gasteiger partial charge in [-0.15, -0.1) is 0 Å². The molecule has 1 aromatic carbocycles. The number of aryl methyl sites for hydroxylation is 1. The van der Waals surface area contributed by atoms with Gasteiger partial charge < -0.3 is 9.84 Å². The first-order chi connectivity index (χ1) is 11.2. The summed E-state index contributed by atoms with van der Waals surface area (Å²) in [6, 6.07) is 7.13. The second kappa shape index (κ2) is 7.45. The van der Waals surface area contributed by atoms with Crippen LogP contribution in [0.5, 0.6) is 5.75 Å². The zero-order valence-corrected chi connectivity index (χ0v) is 15.5. The van der Waals surface area contributed by atoms with Crippen molar-refractivity contribution in [2.75, 3.05) is 7.11 Å². The van der Waals surface area contributed by atoms with Crippen LogP contribution in [0.1, 0.15) is 17.5 Å². The lowest BCUT2D eigenvalue weighted by Gasteiger charge is -2.31. The molecule has 2 rings (SSSR count). The summed E-state index contributed by atoms with van der Waals surface area (Å²) in [7, 11) is 1.47. The number of halogens is 5. The Kier molecular flexibility index (Phi) is 5.98. The summed E-state index contributed by atoms with van der Waals surface area (Å²) < 4.78 is 45.9. The van der Waals surface area contributed by atoms with Crippen molar-refractivity contribution in [2.24, 2.45) is 0 Å². The fourth-order valence-corrected chi connectivity index (χ4v) is 3.04. The summed E-state index contributed by atoms with van der Waals surface area (Å²) in [5, 5.41) is 10.7. The Hall–Kier alpha value is -1.06. The molecule has 0 aliphatic heterocycles. The third-order valence-electron chi connectivity index (χ3n) is 3.69. The zero-order valence-electron chi connectivity index (χ0n) is 12.6. The van der Waals surface area contributed by atoms with Crippen molar-refractivity contribution in [1.29, 1.82) is 0 Å². The highest BCUT2D eigenvalue weighted by Crippen LogP contribution is 2.43. The molecule has 0 aliphatic carbocycles. The number of benzene rings is 1. The van der Waals surface area contributed by atoms with Gasteiger partial charge in [0.1, 0.15) is 9.45 Å². The molecule has 0 bridgehead atoms. The second-order valence-electron chi connectivity index (χ2n) is 5.18. The van der Waals surface area contributed by atoms with Gasteiger partial charge in [0, 0.05) is 11.2 Å². The lowest BCUT2D eigenvalue weighted by molar-refractivity contribution is -0.269. The molecule has 1 unspecified atom stereocenters. The van der Waals surface area contributed by atoms with Crippen LogP contribution in [-0.2, 0) is 12.0 Å². The van der Waals surface area contributed by atoms with Gasteiger partial charge in [0.25, 0.3) is 0 Å². The molecular weight excluding hydrogens is 458 g/mol. The lowest BCUT2D eigenvalue weighted by Crippen LogP contribution is -2.42. The normalized spacial score (nSPS) is 14.3. The zero-order chi connectivity index (χ0) is 18.0. The van der Waals surface area contributed by atoms with Gasteiger partial charge in [-0.1, -0.05) is 17.7 Å². The second-order valence-corrected chi connectivity index (χ2v) is 6.70. The van der Waals surface area contributed by atoms with E-state index in [2.05, 4.69) is 4.98 Å². The third kappa shape index (κ3) is 4.12. The molecule has 1 atom stereocenters. The molecule has 1 heterocycles. The van der Waals surface area contributed by atoms with E-state index >= 15 is 0 Å². The molecule has 3 nitrogen and oxygen atoms in total. The highest BCUT2D eigenvalue weighted by atomic mass is 127. The first-order valence-electron chi connectivity index (χ1n) is 6.91. The lowest BCUT2D eigenvalue weighted by atomic mass is 9.87. The molecule has 0 amide bonds. The first-order valence-corrected chi connectivity index (χ1v) is 8.36. The molecule has 0 spiro atoms. The van der Waals surface area contributed by atoms with Gasteiger partial charge in [-0.05, 0) is 70.8 Å². The molecule has 1 aromatic heterocycles. The number of hydrogen-bond acceptors (Lipinski definition) is 3. The number of aromatic nitrogens is 1. The molecule has 0 saturated heterocycles. The standard InChI is InChI=1S/C16H14ClF3INO2/c1-24-12-3-2-10(13(17)9-12)4-6-15(23,16(18,19)20)11-5-7-22-14(21)8-11/h2-3,5,7-9,23H,4,6H2,1H3. The number of alkyl halides is 3. The van der Waals surface area contributed by atoms with Crippen molar-refractivity contribution in [3.05, 3.63) is 56.4 Å². The Balaban J connectivity index is 2.31. The summed E-state index contributed by atoms with van der Waals surface area (Å²) in [6.07, 6.45) is -4.18. The van der Waals surface area contributed by atoms with E-state index in [1.165, 1.54) is 31.5 Å². The van der Waals surface area contributed by atoms with Gasteiger partial charge in [-0.25, -0.2) is 0 Å². The van der Waals surface area contributed by atoms with Gasteiger partial charge in [-0.2, -0.15) is 13.2 Å². The number of rotatable bonds is 5. The fraction of sp³-hybridized carbons (Fsp3) is 0.312. The predicted molar refractivity (Wildman–Crippen MR) is 93.2 cm³/mol. The van der Waals surface area contributed by atoms with E-state index in [4.69, 9.17) is 16.3 Å². The number of methoxy groups -OCH3 is 1. The van der Waals surface area contributed by atoms with E-state index in [0.717, 1.165) is 0 Å². The van der Waals surface area contributed by atoms with E-state index in [1.807, 2.05) is 0 Å². The van der Waals surface area contributed by atoms with Crippen molar-refractivity contribution < 1.29 is 23.0 Å². The molecule has 8 heteroatoms. The van der Waals surface area contributed by atoms with Crippen LogP contribution in [0.3, 0.4) is 0 Å². The van der Waals surface area contributed by atoms with Crippen LogP contribution in [0.2, 0.25) is 5.02 Å². The molecule has 0 fully saturated rings. The highest BCUT2D eigenvalue weighted by Gasteiger charge is 2.54. The SMILES string of the molecule is COc1ccc(CCC(O)(c2ccnc(I)c2)C(F)(F)F)c(Cl)c1. The van der Waals surface area contributed by atoms with Gasteiger partial charge >= 0.3 is 6.18 Å². The van der Waals surface area contributed by atoms with Crippen LogP contribution in [0.4, 0.5) is 13.2 Å². The van der Waals surface area contributed by atoms with Crippen molar-refractivity contribution >= 4 is 34.2 Å². The Bertz CT molecular complexity index is 727. The minimum Gasteiger partial charge on any atom is -0.497 e. The molecule has 130 valence electrons. The Morgan fingerprint density at radius 3 is 2.50 bits per heavy atom. The van der Waals surface area contributed by atoms with Crippen molar-refractivity contribution in [2.45, 2.75) is 24.6 Å². The van der Waals surface area contributed by atoms with Gasteiger partial charge in [0.15, 0.2) is 5.60 Å². The number of hydrogen-bond donors (Lipinski definition) is 1. The number of aliphatic hydroxyl groups is 1. The van der Waals surface area contributed by atoms with Crippen LogP contribution >= 0.6 is 34.2 Å². The van der Waals surface area contributed by atoms with Crippen LogP contribution in [0.25, 0.3) is 0 Å². The van der Waals surface area contributed by atoms with Crippen molar-refractivity contribution in [3.63, 3.8) is 0 Å². The Morgan fingerprint density at radius 2 is 1.96 bits per heavy atom. The van der Waals surface area contributed by atoms with Crippen molar-refractivity contribution in [1.82, 2.24) is 4.98 Å². The first kappa shape index (κ1) is 19.3. The van der Waals surface area contributed by atoms with E-state index in [0.29, 0.717) is 20.0 Å². The van der Waals surface area contributed by atoms with Crippen LogP contribution < -0.4 is 4.74 Å². The third-order valence-corrected chi connectivity index (χ3v) is 4.63. The van der Waals surface area contributed by atoms with Gasteiger partial charge in [0.2, 0.25) is 0 Å². The average molecular weight is 472 g/mol. The highest BCUT2D eigenvalue weighted by molar-refractivity contribution is 14.1. The summed E-state index contributed by atoms with van der Waals surface area (Å²) in [5.41, 5.74) is -2.71. The smallest absolute Gasteiger partial charge is 0.421 e. The van der Waals surface area contributed by atoms with Crippen LogP contribution in [-0.4, -0.2) is 23.4 Å². The Morgan fingerprint density at radius 1 is 1.25 bits per heavy atom. The monoisotopic (exact) mass is 471 g/mol. The largest absolute Gasteiger partial charge is 0.497 e. The maximum absolute atomic E-state index is 13.5. The van der Waals surface area contributed by atoms with E-state index in [-0.39, 0.29) is 12.0 Å². The summed E-state index contributed by atoms with van der Waals surface area (Å²) in [4.78, 5) is 3.86. The van der Waals surface area contributed by atoms with Gasteiger partial charge in [-0.3, -0.25) is 4.98 Å². The number of nitrogens with zero attached hydrogens (tertiary/aromatic N) is 1. The average Bonchev–Trinajstić information content (AvgIpc) is 2.52. The number of pyridine rings is 1. The quantitative estimate of drug-likeness (QED) is 0.506. The molecular formula is C16H14ClF3INO2.